The van der Waals surface area contributed by atoms with Crippen LogP contribution >= 0.6 is 11.3 Å². The van der Waals surface area contributed by atoms with Crippen LogP contribution in [0.25, 0.3) is 4.96 Å². The van der Waals surface area contributed by atoms with Gasteiger partial charge in [0, 0.05) is 37.1 Å². The molecular formula is C19H20N4O3S. The van der Waals surface area contributed by atoms with Gasteiger partial charge in [-0.05, 0) is 37.3 Å². The number of carbonyl (C=O) groups is 2. The summed E-state index contributed by atoms with van der Waals surface area (Å²) in [6, 6.07) is 1.82. The zero-order chi connectivity index (χ0) is 19.0. The quantitative estimate of drug-likeness (QED) is 0.646. The van der Waals surface area contributed by atoms with E-state index in [4.69, 9.17) is 4.74 Å². The smallest absolute Gasteiger partial charge is 0.339 e. The summed E-state index contributed by atoms with van der Waals surface area (Å²) in [5, 5.41) is 1.94. The number of imidazole rings is 1. The molecule has 0 saturated carbocycles. The molecule has 0 N–H and O–H groups in total. The fourth-order valence-corrected chi connectivity index (χ4v) is 4.41. The van der Waals surface area contributed by atoms with Crippen molar-refractivity contribution < 1.29 is 14.3 Å². The summed E-state index contributed by atoms with van der Waals surface area (Å²) in [6.07, 6.45) is 6.88. The third-order valence-electron chi connectivity index (χ3n) is 4.95. The van der Waals surface area contributed by atoms with Crippen LogP contribution in [0.2, 0.25) is 0 Å². The number of rotatable bonds is 4. The maximum absolute atomic E-state index is 13.0. The van der Waals surface area contributed by atoms with Gasteiger partial charge in [-0.2, -0.15) is 0 Å². The monoisotopic (exact) mass is 384 g/mol. The Labute approximate surface area is 160 Å². The minimum Gasteiger partial charge on any atom is -0.465 e. The molecule has 0 radical (unpaired) electrons. The van der Waals surface area contributed by atoms with E-state index in [1.807, 2.05) is 33.9 Å². The van der Waals surface area contributed by atoms with E-state index in [2.05, 4.69) is 9.97 Å². The first-order valence-electron chi connectivity index (χ1n) is 8.80. The lowest BCUT2D eigenvalue weighted by atomic mass is 9.99. The van der Waals surface area contributed by atoms with E-state index in [9.17, 15) is 9.59 Å². The highest BCUT2D eigenvalue weighted by Gasteiger charge is 2.30. The van der Waals surface area contributed by atoms with E-state index in [0.29, 0.717) is 23.7 Å². The van der Waals surface area contributed by atoms with Gasteiger partial charge >= 0.3 is 5.97 Å². The molecule has 1 unspecified atom stereocenters. The Bertz CT molecular complexity index is 1010. The lowest BCUT2D eigenvalue weighted by molar-refractivity contribution is 0.0600. The molecule has 0 spiro atoms. The van der Waals surface area contributed by atoms with E-state index < -0.39 is 0 Å². The number of carbonyl (C=O) groups excluding carboxylic acids is 2. The van der Waals surface area contributed by atoms with Crippen LogP contribution in [-0.4, -0.2) is 51.3 Å². The molecule has 8 heteroatoms. The predicted octanol–water partition coefficient (Wildman–Crippen LogP) is 2.59. The van der Waals surface area contributed by atoms with Crippen LogP contribution in [0.5, 0.6) is 0 Å². The number of esters is 1. The number of aryl methyl sites for hydroxylation is 1. The van der Waals surface area contributed by atoms with E-state index >= 15 is 0 Å². The van der Waals surface area contributed by atoms with E-state index in [-0.39, 0.29) is 11.9 Å². The van der Waals surface area contributed by atoms with Crippen LogP contribution in [0.15, 0.2) is 30.0 Å². The zero-order valence-corrected chi connectivity index (χ0v) is 16.0. The van der Waals surface area contributed by atoms with Crippen LogP contribution in [-0.2, 0) is 11.2 Å². The number of ether oxygens (including phenoxy) is 1. The molecule has 3 aromatic rings. The van der Waals surface area contributed by atoms with Gasteiger partial charge < -0.3 is 9.64 Å². The van der Waals surface area contributed by atoms with Gasteiger partial charge in [-0.1, -0.05) is 0 Å². The molecule has 3 aromatic heterocycles. The molecule has 140 valence electrons. The highest BCUT2D eigenvalue weighted by Crippen LogP contribution is 2.25. The van der Waals surface area contributed by atoms with Crippen molar-refractivity contribution in [1.29, 1.82) is 0 Å². The lowest BCUT2D eigenvalue weighted by Crippen LogP contribution is -2.30. The minimum absolute atomic E-state index is 0.0299. The Kier molecular flexibility index (Phi) is 4.65. The number of nitrogens with zero attached hydrogens (tertiary/aromatic N) is 4. The van der Waals surface area contributed by atoms with Crippen LogP contribution in [0.1, 0.15) is 38.5 Å². The number of hydrogen-bond donors (Lipinski definition) is 0. The van der Waals surface area contributed by atoms with Gasteiger partial charge in [0.05, 0.1) is 18.4 Å². The van der Waals surface area contributed by atoms with E-state index in [0.717, 1.165) is 35.6 Å². The normalized spacial score (nSPS) is 16.8. The second-order valence-corrected chi connectivity index (χ2v) is 7.66. The van der Waals surface area contributed by atoms with Crippen molar-refractivity contribution >= 4 is 28.2 Å². The van der Waals surface area contributed by atoms with Crippen LogP contribution < -0.4 is 0 Å². The first-order valence-corrected chi connectivity index (χ1v) is 9.68. The molecule has 1 aliphatic rings. The summed E-state index contributed by atoms with van der Waals surface area (Å²) in [5.74, 6) is -0.0132. The van der Waals surface area contributed by atoms with Gasteiger partial charge in [-0.3, -0.25) is 14.2 Å². The maximum atomic E-state index is 13.0. The zero-order valence-electron chi connectivity index (χ0n) is 15.2. The highest BCUT2D eigenvalue weighted by molar-refractivity contribution is 7.15. The number of hydrogen-bond acceptors (Lipinski definition) is 6. The Morgan fingerprint density at radius 1 is 1.37 bits per heavy atom. The summed E-state index contributed by atoms with van der Waals surface area (Å²) < 4.78 is 6.63. The van der Waals surface area contributed by atoms with Gasteiger partial charge in [0.15, 0.2) is 4.96 Å². The van der Waals surface area contributed by atoms with Gasteiger partial charge in [0.25, 0.3) is 5.91 Å². The topological polar surface area (TPSA) is 76.8 Å². The summed E-state index contributed by atoms with van der Waals surface area (Å²) in [7, 11) is 1.36. The van der Waals surface area contributed by atoms with Crippen LogP contribution in [0.3, 0.4) is 0 Å². The van der Waals surface area contributed by atoms with E-state index in [1.165, 1.54) is 24.6 Å². The largest absolute Gasteiger partial charge is 0.465 e. The molecule has 0 aromatic carbocycles. The van der Waals surface area contributed by atoms with Crippen molar-refractivity contribution in [1.82, 2.24) is 19.3 Å². The third kappa shape index (κ3) is 3.32. The number of pyridine rings is 1. The Morgan fingerprint density at radius 2 is 2.22 bits per heavy atom. The summed E-state index contributed by atoms with van der Waals surface area (Å²) in [6.45, 7) is 3.30. The average Bonchev–Trinajstić information content (AvgIpc) is 3.37. The SMILES string of the molecule is COC(=O)c1cncc(CC2CCN(C(=O)c3c(C)nc4sccn34)C2)c1. The number of fused-ring (bicyclic) bond motifs is 1. The standard InChI is InChI=1S/C19H20N4O3S/c1-12-16(23-5-6-27-19(23)21-12)17(24)22-4-3-13(11-22)7-14-8-15(10-20-9-14)18(25)26-2/h5-6,8-10,13H,3-4,7,11H2,1-2H3. The van der Waals surface area contributed by atoms with Crippen molar-refractivity contribution in [2.75, 3.05) is 20.2 Å². The first-order chi connectivity index (χ1) is 13.1. The minimum atomic E-state index is -0.386. The van der Waals surface area contributed by atoms with Crippen LogP contribution in [0.4, 0.5) is 0 Å². The van der Waals surface area contributed by atoms with Crippen molar-refractivity contribution in [2.45, 2.75) is 19.8 Å². The second kappa shape index (κ2) is 7.11. The van der Waals surface area contributed by atoms with E-state index in [1.54, 1.807) is 6.20 Å². The van der Waals surface area contributed by atoms with Crippen molar-refractivity contribution in [3.63, 3.8) is 0 Å². The van der Waals surface area contributed by atoms with Gasteiger partial charge in [-0.25, -0.2) is 9.78 Å². The van der Waals surface area contributed by atoms with Crippen LogP contribution in [0, 0.1) is 12.8 Å². The summed E-state index contributed by atoms with van der Waals surface area (Å²) >= 11 is 1.53. The molecule has 4 heterocycles. The molecule has 1 fully saturated rings. The highest BCUT2D eigenvalue weighted by atomic mass is 32.1. The molecule has 4 rings (SSSR count). The molecule has 1 amide bonds. The number of aromatic nitrogens is 3. The molecule has 0 aliphatic carbocycles. The molecule has 7 nitrogen and oxygen atoms in total. The molecular weight excluding hydrogens is 364 g/mol. The number of likely N-dealkylation sites (tertiary alicyclic amines) is 1. The van der Waals surface area contributed by atoms with Crippen molar-refractivity contribution in [2.24, 2.45) is 5.92 Å². The number of methoxy groups -OCH3 is 1. The Balaban J connectivity index is 1.46. The van der Waals surface area contributed by atoms with Crippen molar-refractivity contribution in [3.8, 4) is 0 Å². The fourth-order valence-electron chi connectivity index (χ4n) is 3.65. The fraction of sp³-hybridized carbons (Fsp3) is 0.368. The van der Waals surface area contributed by atoms with Gasteiger partial charge in [0.2, 0.25) is 0 Å². The van der Waals surface area contributed by atoms with Gasteiger partial charge in [0.1, 0.15) is 5.69 Å². The molecule has 1 aliphatic heterocycles. The first kappa shape index (κ1) is 17.7. The number of amides is 1. The Morgan fingerprint density at radius 3 is 3.04 bits per heavy atom. The van der Waals surface area contributed by atoms with Crippen molar-refractivity contribution in [3.05, 3.63) is 52.6 Å². The molecule has 0 bridgehead atoms. The maximum Gasteiger partial charge on any atom is 0.339 e. The molecule has 1 atom stereocenters. The number of thiazole rings is 1. The summed E-state index contributed by atoms with van der Waals surface area (Å²) in [4.78, 5) is 36.0. The lowest BCUT2D eigenvalue weighted by Gasteiger charge is -2.16. The van der Waals surface area contributed by atoms with Gasteiger partial charge in [-0.15, -0.1) is 11.3 Å². The molecule has 1 saturated heterocycles. The average molecular weight is 384 g/mol. The second-order valence-electron chi connectivity index (χ2n) is 6.78. The summed E-state index contributed by atoms with van der Waals surface area (Å²) in [5.41, 5.74) is 2.86. The third-order valence-corrected chi connectivity index (χ3v) is 5.71. The predicted molar refractivity (Wildman–Crippen MR) is 101 cm³/mol. The molecule has 27 heavy (non-hydrogen) atoms. The Hall–Kier alpha value is -2.74.